The number of hydrogen-bond acceptors (Lipinski definition) is 3. The lowest BCUT2D eigenvalue weighted by Gasteiger charge is -2.28. The zero-order valence-corrected chi connectivity index (χ0v) is 11.4. The van der Waals surface area contributed by atoms with E-state index >= 15 is 0 Å². The molecule has 0 bridgehead atoms. The molecule has 2 rings (SSSR count). The third-order valence-electron chi connectivity index (χ3n) is 2.81. The SMILES string of the molecule is CC(C)(C)OC(=O)N1CCC[C@@H]1c1ccsc1. The summed E-state index contributed by atoms with van der Waals surface area (Å²) >= 11 is 1.67. The van der Waals surface area contributed by atoms with Gasteiger partial charge in [0.1, 0.15) is 5.60 Å². The fourth-order valence-corrected chi connectivity index (χ4v) is 2.82. The first kappa shape index (κ1) is 12.4. The van der Waals surface area contributed by atoms with E-state index in [1.165, 1.54) is 5.56 Å². The molecular formula is C13H19NO2S. The van der Waals surface area contributed by atoms with Crippen LogP contribution in [0, 0.1) is 0 Å². The summed E-state index contributed by atoms with van der Waals surface area (Å²) in [6, 6.07) is 2.30. The van der Waals surface area contributed by atoms with E-state index in [9.17, 15) is 4.79 Å². The van der Waals surface area contributed by atoms with Gasteiger partial charge in [0.2, 0.25) is 0 Å². The lowest BCUT2D eigenvalue weighted by atomic mass is 10.1. The van der Waals surface area contributed by atoms with Crippen LogP contribution in [-0.4, -0.2) is 23.1 Å². The highest BCUT2D eigenvalue weighted by molar-refractivity contribution is 7.07. The van der Waals surface area contributed by atoms with Crippen LogP contribution in [0.5, 0.6) is 0 Å². The van der Waals surface area contributed by atoms with E-state index in [0.717, 1.165) is 19.4 Å². The van der Waals surface area contributed by atoms with E-state index in [1.807, 2.05) is 25.7 Å². The molecule has 4 heteroatoms. The van der Waals surface area contributed by atoms with Crippen molar-refractivity contribution in [2.45, 2.75) is 45.3 Å². The van der Waals surface area contributed by atoms with Crippen molar-refractivity contribution in [1.82, 2.24) is 4.90 Å². The molecule has 94 valence electrons. The highest BCUT2D eigenvalue weighted by Gasteiger charge is 2.33. The molecular weight excluding hydrogens is 234 g/mol. The van der Waals surface area contributed by atoms with E-state index in [2.05, 4.69) is 16.8 Å². The van der Waals surface area contributed by atoms with Crippen LogP contribution in [-0.2, 0) is 4.74 Å². The lowest BCUT2D eigenvalue weighted by molar-refractivity contribution is 0.0225. The summed E-state index contributed by atoms with van der Waals surface area (Å²) in [5.74, 6) is 0. The Kier molecular flexibility index (Phi) is 3.43. The Balaban J connectivity index is 2.07. The maximum absolute atomic E-state index is 12.1. The third-order valence-corrected chi connectivity index (χ3v) is 3.51. The van der Waals surface area contributed by atoms with Crippen molar-refractivity contribution in [2.75, 3.05) is 6.54 Å². The fraction of sp³-hybridized carbons (Fsp3) is 0.615. The van der Waals surface area contributed by atoms with E-state index < -0.39 is 5.60 Å². The summed E-state index contributed by atoms with van der Waals surface area (Å²) < 4.78 is 5.44. The first-order valence-corrected chi connectivity index (χ1v) is 6.93. The molecule has 0 saturated carbocycles. The molecule has 17 heavy (non-hydrogen) atoms. The van der Waals surface area contributed by atoms with Crippen molar-refractivity contribution in [2.24, 2.45) is 0 Å². The summed E-state index contributed by atoms with van der Waals surface area (Å²) in [6.45, 7) is 6.51. The van der Waals surface area contributed by atoms with Crippen molar-refractivity contribution in [3.8, 4) is 0 Å². The van der Waals surface area contributed by atoms with E-state index in [-0.39, 0.29) is 12.1 Å². The maximum atomic E-state index is 12.1. The maximum Gasteiger partial charge on any atom is 0.410 e. The van der Waals surface area contributed by atoms with Gasteiger partial charge in [-0.3, -0.25) is 0 Å². The molecule has 1 saturated heterocycles. The van der Waals surface area contributed by atoms with Crippen molar-refractivity contribution in [3.63, 3.8) is 0 Å². The van der Waals surface area contributed by atoms with Crippen LogP contribution in [0.2, 0.25) is 0 Å². The van der Waals surface area contributed by atoms with E-state index in [4.69, 9.17) is 4.74 Å². The summed E-state index contributed by atoms with van der Waals surface area (Å²) in [7, 11) is 0. The van der Waals surface area contributed by atoms with Crippen LogP contribution in [0.1, 0.15) is 45.2 Å². The van der Waals surface area contributed by atoms with Gasteiger partial charge in [0, 0.05) is 6.54 Å². The molecule has 2 heterocycles. The van der Waals surface area contributed by atoms with Crippen LogP contribution >= 0.6 is 11.3 Å². The molecule has 1 aliphatic rings. The normalized spacial score (nSPS) is 20.6. The van der Waals surface area contributed by atoms with Crippen molar-refractivity contribution in [3.05, 3.63) is 22.4 Å². The average molecular weight is 253 g/mol. The van der Waals surface area contributed by atoms with Crippen LogP contribution < -0.4 is 0 Å². The minimum atomic E-state index is -0.418. The summed E-state index contributed by atoms with van der Waals surface area (Å²) in [5.41, 5.74) is 0.817. The molecule has 0 unspecified atom stereocenters. The zero-order chi connectivity index (χ0) is 12.5. The van der Waals surface area contributed by atoms with Gasteiger partial charge < -0.3 is 9.64 Å². The minimum Gasteiger partial charge on any atom is -0.444 e. The number of amides is 1. The average Bonchev–Trinajstić information content (AvgIpc) is 2.85. The topological polar surface area (TPSA) is 29.5 Å². The van der Waals surface area contributed by atoms with Gasteiger partial charge in [0.15, 0.2) is 0 Å². The number of rotatable bonds is 1. The second-order valence-corrected chi connectivity index (χ2v) is 6.17. The van der Waals surface area contributed by atoms with E-state index in [0.29, 0.717) is 0 Å². The second-order valence-electron chi connectivity index (χ2n) is 5.39. The smallest absolute Gasteiger partial charge is 0.410 e. The van der Waals surface area contributed by atoms with Crippen LogP contribution in [0.15, 0.2) is 16.8 Å². The Bertz CT molecular complexity index is 381. The minimum absolute atomic E-state index is 0.189. The molecule has 1 atom stereocenters. The van der Waals surface area contributed by atoms with Crippen molar-refractivity contribution < 1.29 is 9.53 Å². The van der Waals surface area contributed by atoms with Gasteiger partial charge >= 0.3 is 6.09 Å². The predicted octanol–water partition coefficient (Wildman–Crippen LogP) is 3.82. The standard InChI is InChI=1S/C13H19NO2S/c1-13(2,3)16-12(15)14-7-4-5-11(14)10-6-8-17-9-10/h6,8-9,11H,4-5,7H2,1-3H3/t11-/m1/s1. The molecule has 0 aliphatic carbocycles. The van der Waals surface area contributed by atoms with Gasteiger partial charge in [0.25, 0.3) is 0 Å². The van der Waals surface area contributed by atoms with Gasteiger partial charge in [-0.05, 0) is 56.0 Å². The molecule has 1 aliphatic heterocycles. The largest absolute Gasteiger partial charge is 0.444 e. The fourth-order valence-electron chi connectivity index (χ4n) is 2.12. The number of carbonyl (C=O) groups excluding carboxylic acids is 1. The van der Waals surface area contributed by atoms with Crippen LogP contribution in [0.25, 0.3) is 0 Å². The van der Waals surface area contributed by atoms with Crippen molar-refractivity contribution >= 4 is 17.4 Å². The zero-order valence-electron chi connectivity index (χ0n) is 10.6. The number of hydrogen-bond donors (Lipinski definition) is 0. The number of thiophene rings is 1. The second kappa shape index (κ2) is 4.69. The van der Waals surface area contributed by atoms with Gasteiger partial charge in [-0.25, -0.2) is 4.79 Å². The van der Waals surface area contributed by atoms with Gasteiger partial charge in [0.05, 0.1) is 6.04 Å². The Morgan fingerprint density at radius 3 is 2.88 bits per heavy atom. The summed E-state index contributed by atoms with van der Waals surface area (Å²) in [5, 5.41) is 4.17. The van der Waals surface area contributed by atoms with E-state index in [1.54, 1.807) is 11.3 Å². The molecule has 1 fully saturated rings. The Morgan fingerprint density at radius 2 is 2.29 bits per heavy atom. The number of ether oxygens (including phenoxy) is 1. The molecule has 3 nitrogen and oxygen atoms in total. The number of carbonyl (C=O) groups is 1. The highest BCUT2D eigenvalue weighted by atomic mass is 32.1. The monoisotopic (exact) mass is 253 g/mol. The predicted molar refractivity (Wildman–Crippen MR) is 69.2 cm³/mol. The van der Waals surface area contributed by atoms with Crippen LogP contribution in [0.4, 0.5) is 4.79 Å². The van der Waals surface area contributed by atoms with Gasteiger partial charge in [-0.15, -0.1) is 0 Å². The molecule has 0 aromatic carbocycles. The number of likely N-dealkylation sites (tertiary alicyclic amines) is 1. The van der Waals surface area contributed by atoms with Gasteiger partial charge in [-0.1, -0.05) is 0 Å². The molecule has 0 radical (unpaired) electrons. The lowest BCUT2D eigenvalue weighted by Crippen LogP contribution is -2.36. The Hall–Kier alpha value is -1.03. The third kappa shape index (κ3) is 3.00. The highest BCUT2D eigenvalue weighted by Crippen LogP contribution is 2.34. The van der Waals surface area contributed by atoms with Crippen molar-refractivity contribution in [1.29, 1.82) is 0 Å². The number of nitrogens with zero attached hydrogens (tertiary/aromatic N) is 1. The first-order valence-electron chi connectivity index (χ1n) is 5.99. The van der Waals surface area contributed by atoms with Gasteiger partial charge in [-0.2, -0.15) is 11.3 Å². The molecule has 1 amide bonds. The Morgan fingerprint density at radius 1 is 1.53 bits per heavy atom. The Labute approximate surface area is 106 Å². The quantitative estimate of drug-likeness (QED) is 0.761. The molecule has 1 aromatic rings. The molecule has 0 spiro atoms. The molecule has 0 N–H and O–H groups in total. The first-order chi connectivity index (χ1) is 7.97. The summed E-state index contributed by atoms with van der Waals surface area (Å²) in [6.07, 6.45) is 1.90. The molecule has 1 aromatic heterocycles. The van der Waals surface area contributed by atoms with Crippen LogP contribution in [0.3, 0.4) is 0 Å². The summed E-state index contributed by atoms with van der Waals surface area (Å²) in [4.78, 5) is 13.9.